The van der Waals surface area contributed by atoms with Crippen LogP contribution in [0.5, 0.6) is 0 Å². The van der Waals surface area contributed by atoms with Crippen LogP contribution in [0.15, 0.2) is 83.8 Å². The lowest BCUT2D eigenvalue weighted by atomic mass is 10.1. The largest absolute Gasteiger partial charge is 0.355 e. The van der Waals surface area contributed by atoms with E-state index in [1.807, 2.05) is 44.2 Å². The lowest BCUT2D eigenvalue weighted by Crippen LogP contribution is -2.51. The number of hydrogen-bond donors (Lipinski definition) is 1. The first-order chi connectivity index (χ1) is 17.1. The maximum Gasteiger partial charge on any atom is 0.264 e. The molecule has 3 aromatic carbocycles. The molecule has 0 aliphatic carbocycles. The van der Waals surface area contributed by atoms with E-state index < -0.39 is 28.5 Å². The molecule has 2 amide bonds. The number of aryl methyl sites for hydroxylation is 2. The molecule has 3 rings (SSSR count). The van der Waals surface area contributed by atoms with Gasteiger partial charge in [0.05, 0.1) is 10.6 Å². The number of hydrogen-bond acceptors (Lipinski definition) is 4. The van der Waals surface area contributed by atoms with Gasteiger partial charge < -0.3 is 10.2 Å². The van der Waals surface area contributed by atoms with Gasteiger partial charge >= 0.3 is 0 Å². The summed E-state index contributed by atoms with van der Waals surface area (Å²) >= 11 is 0. The van der Waals surface area contributed by atoms with Gasteiger partial charge in [-0.1, -0.05) is 65.7 Å². The fourth-order valence-corrected chi connectivity index (χ4v) is 5.18. The molecule has 0 aromatic heterocycles. The minimum atomic E-state index is -4.06. The van der Waals surface area contributed by atoms with Crippen molar-refractivity contribution < 1.29 is 18.0 Å². The Morgan fingerprint density at radius 2 is 1.42 bits per heavy atom. The van der Waals surface area contributed by atoms with E-state index in [1.54, 1.807) is 50.2 Å². The Hall–Kier alpha value is -3.65. The molecule has 0 bridgehead atoms. The summed E-state index contributed by atoms with van der Waals surface area (Å²) < 4.78 is 28.6. The van der Waals surface area contributed by atoms with E-state index in [0.717, 1.165) is 21.0 Å². The van der Waals surface area contributed by atoms with Gasteiger partial charge in [0, 0.05) is 13.1 Å². The van der Waals surface area contributed by atoms with Gasteiger partial charge in [-0.25, -0.2) is 8.42 Å². The number of benzene rings is 3. The molecule has 0 unspecified atom stereocenters. The van der Waals surface area contributed by atoms with E-state index in [4.69, 9.17) is 0 Å². The van der Waals surface area contributed by atoms with Gasteiger partial charge in [-0.3, -0.25) is 13.9 Å². The maximum absolute atomic E-state index is 13.7. The summed E-state index contributed by atoms with van der Waals surface area (Å²) in [5.74, 6) is -0.779. The molecule has 0 radical (unpaired) electrons. The number of nitrogens with zero attached hydrogens (tertiary/aromatic N) is 2. The molecule has 0 spiro atoms. The third-order valence-corrected chi connectivity index (χ3v) is 7.71. The molecule has 0 aliphatic heterocycles. The van der Waals surface area contributed by atoms with E-state index in [1.165, 1.54) is 17.0 Å². The Bertz CT molecular complexity index is 1270. The van der Waals surface area contributed by atoms with Crippen molar-refractivity contribution in [3.05, 3.63) is 95.6 Å². The van der Waals surface area contributed by atoms with Crippen molar-refractivity contribution in [2.75, 3.05) is 17.4 Å². The number of carbonyl (C=O) groups is 2. The SMILES string of the molecule is CCNC(=O)[C@@H](C)N(Cc1ccccc1)C(=O)CN(c1ccc(C)cc1)S(=O)(=O)c1ccc(C)cc1. The summed E-state index contributed by atoms with van der Waals surface area (Å²) in [5, 5.41) is 2.75. The van der Waals surface area contributed by atoms with Gasteiger partial charge in [-0.2, -0.15) is 0 Å². The predicted octanol–water partition coefficient (Wildman–Crippen LogP) is 4.05. The van der Waals surface area contributed by atoms with Crippen molar-refractivity contribution in [3.63, 3.8) is 0 Å². The molecule has 1 atom stereocenters. The van der Waals surface area contributed by atoms with Gasteiger partial charge in [0.25, 0.3) is 10.0 Å². The second-order valence-corrected chi connectivity index (χ2v) is 10.6. The Morgan fingerprint density at radius 3 is 1.97 bits per heavy atom. The predicted molar refractivity (Wildman–Crippen MR) is 142 cm³/mol. The van der Waals surface area contributed by atoms with E-state index in [0.29, 0.717) is 12.2 Å². The molecule has 3 aromatic rings. The monoisotopic (exact) mass is 507 g/mol. The van der Waals surface area contributed by atoms with Crippen LogP contribution in [0, 0.1) is 13.8 Å². The van der Waals surface area contributed by atoms with Crippen molar-refractivity contribution in [1.82, 2.24) is 10.2 Å². The number of likely N-dealkylation sites (N-methyl/N-ethyl adjacent to an activating group) is 1. The van der Waals surface area contributed by atoms with Crippen LogP contribution in [-0.4, -0.2) is 44.3 Å². The molecule has 0 aliphatic rings. The minimum Gasteiger partial charge on any atom is -0.355 e. The maximum atomic E-state index is 13.7. The average molecular weight is 508 g/mol. The summed E-state index contributed by atoms with van der Waals surface area (Å²) in [6.07, 6.45) is 0. The molecule has 0 fully saturated rings. The molecular formula is C28H33N3O4S. The van der Waals surface area contributed by atoms with Crippen molar-refractivity contribution >= 4 is 27.5 Å². The van der Waals surface area contributed by atoms with Gasteiger partial charge in [0.15, 0.2) is 0 Å². The molecule has 7 nitrogen and oxygen atoms in total. The fourth-order valence-electron chi connectivity index (χ4n) is 3.76. The van der Waals surface area contributed by atoms with E-state index in [2.05, 4.69) is 5.32 Å². The average Bonchev–Trinajstić information content (AvgIpc) is 2.87. The Morgan fingerprint density at radius 1 is 0.861 bits per heavy atom. The van der Waals surface area contributed by atoms with Crippen molar-refractivity contribution in [2.24, 2.45) is 0 Å². The standard InChI is InChI=1S/C28H33N3O4S/c1-5-29-28(33)23(4)30(19-24-9-7-6-8-10-24)27(32)20-31(25-15-11-21(2)12-16-25)36(34,35)26-17-13-22(3)14-18-26/h6-18,23H,5,19-20H2,1-4H3,(H,29,33)/t23-/m1/s1. The molecule has 0 heterocycles. The highest BCUT2D eigenvalue weighted by atomic mass is 32.2. The molecule has 0 saturated heterocycles. The van der Waals surface area contributed by atoms with Crippen LogP contribution in [0.3, 0.4) is 0 Å². The highest BCUT2D eigenvalue weighted by Crippen LogP contribution is 2.25. The number of anilines is 1. The highest BCUT2D eigenvalue weighted by Gasteiger charge is 2.32. The number of nitrogens with one attached hydrogen (secondary N) is 1. The Kier molecular flexibility index (Phi) is 8.88. The van der Waals surface area contributed by atoms with E-state index in [9.17, 15) is 18.0 Å². The zero-order chi connectivity index (χ0) is 26.3. The Labute approximate surface area is 213 Å². The molecule has 190 valence electrons. The van der Waals surface area contributed by atoms with Crippen LogP contribution in [0.2, 0.25) is 0 Å². The summed E-state index contributed by atoms with van der Waals surface area (Å²) in [6, 6.07) is 22.0. The third kappa shape index (κ3) is 6.51. The van der Waals surface area contributed by atoms with Gasteiger partial charge in [-0.15, -0.1) is 0 Å². The number of carbonyl (C=O) groups excluding carboxylic acids is 2. The zero-order valence-electron chi connectivity index (χ0n) is 21.1. The van der Waals surface area contributed by atoms with Crippen LogP contribution in [0.4, 0.5) is 5.69 Å². The quantitative estimate of drug-likeness (QED) is 0.449. The number of rotatable bonds is 10. The van der Waals surface area contributed by atoms with Gasteiger partial charge in [0.1, 0.15) is 12.6 Å². The second-order valence-electron chi connectivity index (χ2n) is 8.74. The van der Waals surface area contributed by atoms with E-state index >= 15 is 0 Å². The summed E-state index contributed by atoms with van der Waals surface area (Å²) in [4.78, 5) is 27.9. The van der Waals surface area contributed by atoms with E-state index in [-0.39, 0.29) is 17.3 Å². The zero-order valence-corrected chi connectivity index (χ0v) is 22.0. The summed E-state index contributed by atoms with van der Waals surface area (Å²) in [6.45, 7) is 7.39. The second kappa shape index (κ2) is 11.9. The molecule has 1 N–H and O–H groups in total. The van der Waals surface area contributed by atoms with Crippen LogP contribution in [-0.2, 0) is 26.2 Å². The first-order valence-corrected chi connectivity index (χ1v) is 13.3. The number of sulfonamides is 1. The highest BCUT2D eigenvalue weighted by molar-refractivity contribution is 7.92. The molecule has 8 heteroatoms. The Balaban J connectivity index is 2.01. The van der Waals surface area contributed by atoms with Crippen LogP contribution >= 0.6 is 0 Å². The van der Waals surface area contributed by atoms with Crippen molar-refractivity contribution in [3.8, 4) is 0 Å². The van der Waals surface area contributed by atoms with Crippen molar-refractivity contribution in [2.45, 2.75) is 45.2 Å². The topological polar surface area (TPSA) is 86.8 Å². The minimum absolute atomic E-state index is 0.0906. The smallest absolute Gasteiger partial charge is 0.264 e. The lowest BCUT2D eigenvalue weighted by molar-refractivity contribution is -0.139. The molecule has 36 heavy (non-hydrogen) atoms. The van der Waals surface area contributed by atoms with Gasteiger partial charge in [-0.05, 0) is 57.5 Å². The molecular weight excluding hydrogens is 474 g/mol. The van der Waals surface area contributed by atoms with Crippen LogP contribution in [0.25, 0.3) is 0 Å². The fraction of sp³-hybridized carbons (Fsp3) is 0.286. The van der Waals surface area contributed by atoms with Gasteiger partial charge in [0.2, 0.25) is 11.8 Å². The third-order valence-electron chi connectivity index (χ3n) is 5.92. The van der Waals surface area contributed by atoms with Crippen LogP contribution < -0.4 is 9.62 Å². The lowest BCUT2D eigenvalue weighted by Gasteiger charge is -2.32. The first-order valence-electron chi connectivity index (χ1n) is 11.9. The molecule has 0 saturated carbocycles. The summed E-state index contributed by atoms with van der Waals surface area (Å²) in [7, 11) is -4.06. The first kappa shape index (κ1) is 26.9. The normalized spacial score (nSPS) is 12.0. The van der Waals surface area contributed by atoms with Crippen LogP contribution in [0.1, 0.15) is 30.5 Å². The number of amides is 2. The van der Waals surface area contributed by atoms with Crippen molar-refractivity contribution in [1.29, 1.82) is 0 Å². The summed E-state index contributed by atoms with van der Waals surface area (Å²) in [5.41, 5.74) is 3.11.